The van der Waals surface area contributed by atoms with Gasteiger partial charge >= 0.3 is 0 Å². The van der Waals surface area contributed by atoms with Crippen molar-refractivity contribution in [3.05, 3.63) is 35.6 Å². The number of amides is 1. The maximum atomic E-state index is 13.7. The molecule has 0 aliphatic carbocycles. The fraction of sp³-hybridized carbons (Fsp3) is 0.533. The van der Waals surface area contributed by atoms with E-state index in [1.807, 2.05) is 6.92 Å². The number of carbonyl (C=O) groups excluding carboxylic acids is 1. The van der Waals surface area contributed by atoms with Crippen LogP contribution in [0.1, 0.15) is 31.7 Å². The number of hydrogen-bond acceptors (Lipinski definition) is 3. The van der Waals surface area contributed by atoms with Crippen molar-refractivity contribution in [2.75, 3.05) is 19.3 Å². The molecule has 0 aliphatic rings. The van der Waals surface area contributed by atoms with Gasteiger partial charge in [-0.15, -0.1) is 0 Å². The van der Waals surface area contributed by atoms with Crippen LogP contribution in [-0.2, 0) is 21.4 Å². The molecule has 1 rings (SSSR count). The molecule has 0 aromatic heterocycles. The number of sulfonamides is 1. The van der Waals surface area contributed by atoms with Crippen molar-refractivity contribution in [2.45, 2.75) is 32.7 Å². The minimum atomic E-state index is -3.31. The van der Waals surface area contributed by atoms with Crippen molar-refractivity contribution in [1.82, 2.24) is 9.62 Å². The lowest BCUT2D eigenvalue weighted by Gasteiger charge is -2.23. The third-order valence-electron chi connectivity index (χ3n) is 3.16. The van der Waals surface area contributed by atoms with Crippen LogP contribution >= 0.6 is 0 Å². The average molecular weight is 330 g/mol. The van der Waals surface area contributed by atoms with Gasteiger partial charge in [0.05, 0.1) is 6.26 Å². The van der Waals surface area contributed by atoms with Crippen LogP contribution < -0.4 is 4.72 Å². The normalized spacial score (nSPS) is 11.4. The first-order chi connectivity index (χ1) is 10.3. The summed E-state index contributed by atoms with van der Waals surface area (Å²) in [7, 11) is -3.31. The molecule has 0 fully saturated rings. The minimum Gasteiger partial charge on any atom is -0.338 e. The minimum absolute atomic E-state index is 0.0531. The number of hydrogen-bond donors (Lipinski definition) is 1. The topological polar surface area (TPSA) is 66.5 Å². The zero-order valence-corrected chi connectivity index (χ0v) is 13.8. The zero-order valence-electron chi connectivity index (χ0n) is 13.0. The Kier molecular flexibility index (Phi) is 7.47. The van der Waals surface area contributed by atoms with E-state index in [1.54, 1.807) is 23.1 Å². The number of unbranched alkanes of at least 4 members (excludes halogenated alkanes) is 1. The molecule has 124 valence electrons. The fourth-order valence-corrected chi connectivity index (χ4v) is 2.45. The van der Waals surface area contributed by atoms with Crippen molar-refractivity contribution in [3.8, 4) is 0 Å². The lowest BCUT2D eigenvalue weighted by atomic mass is 10.2. The van der Waals surface area contributed by atoms with Gasteiger partial charge in [0.1, 0.15) is 5.82 Å². The van der Waals surface area contributed by atoms with E-state index >= 15 is 0 Å². The summed E-state index contributed by atoms with van der Waals surface area (Å²) in [5.74, 6) is -0.529. The van der Waals surface area contributed by atoms with Gasteiger partial charge in [0.25, 0.3) is 0 Å². The molecule has 0 saturated carbocycles. The van der Waals surface area contributed by atoms with Gasteiger partial charge in [-0.2, -0.15) is 0 Å². The Labute approximate surface area is 131 Å². The van der Waals surface area contributed by atoms with Crippen molar-refractivity contribution >= 4 is 15.9 Å². The molecule has 0 saturated heterocycles. The van der Waals surface area contributed by atoms with E-state index in [4.69, 9.17) is 0 Å². The summed E-state index contributed by atoms with van der Waals surface area (Å²) in [5, 5.41) is 0. The second-order valence-electron chi connectivity index (χ2n) is 5.18. The molecule has 0 unspecified atom stereocenters. The van der Waals surface area contributed by atoms with E-state index in [9.17, 15) is 17.6 Å². The number of nitrogens with zero attached hydrogens (tertiary/aromatic N) is 1. The molecule has 0 radical (unpaired) electrons. The van der Waals surface area contributed by atoms with Crippen molar-refractivity contribution in [1.29, 1.82) is 0 Å². The number of halogens is 1. The molecule has 0 aliphatic heterocycles. The van der Waals surface area contributed by atoms with E-state index in [2.05, 4.69) is 4.72 Å². The molecule has 0 bridgehead atoms. The molecule has 1 N–H and O–H groups in total. The van der Waals surface area contributed by atoms with Gasteiger partial charge in [-0.3, -0.25) is 4.79 Å². The van der Waals surface area contributed by atoms with Crippen LogP contribution in [0.4, 0.5) is 4.39 Å². The first-order valence-electron chi connectivity index (χ1n) is 7.29. The summed E-state index contributed by atoms with van der Waals surface area (Å²) in [6, 6.07) is 6.35. The van der Waals surface area contributed by atoms with E-state index in [1.165, 1.54) is 6.07 Å². The van der Waals surface area contributed by atoms with Crippen molar-refractivity contribution in [2.24, 2.45) is 0 Å². The second-order valence-corrected chi connectivity index (χ2v) is 7.01. The molecular formula is C15H23FN2O3S. The van der Waals surface area contributed by atoms with Crippen LogP contribution in [-0.4, -0.2) is 38.6 Å². The fourth-order valence-electron chi connectivity index (χ4n) is 1.97. The molecule has 0 heterocycles. The SMILES string of the molecule is CCCCN(Cc1ccccc1F)C(=O)CCNS(C)(=O)=O. The maximum Gasteiger partial charge on any atom is 0.224 e. The first kappa shape index (κ1) is 18.6. The largest absolute Gasteiger partial charge is 0.338 e. The summed E-state index contributed by atoms with van der Waals surface area (Å²) in [5.41, 5.74) is 0.461. The van der Waals surface area contributed by atoms with Gasteiger partial charge in [0.2, 0.25) is 15.9 Å². The zero-order chi connectivity index (χ0) is 16.6. The Morgan fingerprint density at radius 2 is 2.00 bits per heavy atom. The van der Waals surface area contributed by atoms with E-state index in [0.717, 1.165) is 19.1 Å². The Balaban J connectivity index is 2.67. The molecule has 0 spiro atoms. The van der Waals surface area contributed by atoms with Gasteiger partial charge in [-0.1, -0.05) is 31.5 Å². The average Bonchev–Trinajstić information content (AvgIpc) is 2.43. The standard InChI is InChI=1S/C15H23FN2O3S/c1-3-4-11-18(12-13-7-5-6-8-14(13)16)15(19)9-10-17-22(2,20)21/h5-8,17H,3-4,9-12H2,1-2H3. The van der Waals surface area contributed by atoms with Gasteiger partial charge < -0.3 is 4.90 Å². The highest BCUT2D eigenvalue weighted by atomic mass is 32.2. The lowest BCUT2D eigenvalue weighted by molar-refractivity contribution is -0.131. The summed E-state index contributed by atoms with van der Waals surface area (Å²) in [4.78, 5) is 13.8. The quantitative estimate of drug-likeness (QED) is 0.752. The van der Waals surface area contributed by atoms with Crippen LogP contribution in [0.25, 0.3) is 0 Å². The molecule has 1 aromatic rings. The summed E-state index contributed by atoms with van der Waals surface area (Å²) < 4.78 is 38.0. The number of benzene rings is 1. The predicted octanol–water partition coefficient (Wildman–Crippen LogP) is 1.89. The summed E-state index contributed by atoms with van der Waals surface area (Å²) >= 11 is 0. The summed E-state index contributed by atoms with van der Waals surface area (Å²) in [6.07, 6.45) is 2.85. The third-order valence-corrected chi connectivity index (χ3v) is 3.88. The second kappa shape index (κ2) is 8.85. The third kappa shape index (κ3) is 7.00. The maximum absolute atomic E-state index is 13.7. The first-order valence-corrected chi connectivity index (χ1v) is 9.18. The summed E-state index contributed by atoms with van der Waals surface area (Å²) in [6.45, 7) is 2.79. The number of nitrogens with one attached hydrogen (secondary N) is 1. The van der Waals surface area contributed by atoms with Gasteiger partial charge in [-0.05, 0) is 12.5 Å². The highest BCUT2D eigenvalue weighted by molar-refractivity contribution is 7.88. The van der Waals surface area contributed by atoms with Crippen LogP contribution in [0, 0.1) is 5.82 Å². The Morgan fingerprint density at radius 1 is 1.32 bits per heavy atom. The Bertz CT molecular complexity index is 590. The Morgan fingerprint density at radius 3 is 2.59 bits per heavy atom. The van der Waals surface area contributed by atoms with Gasteiger partial charge in [0, 0.05) is 31.6 Å². The molecule has 5 nitrogen and oxygen atoms in total. The molecule has 0 atom stereocenters. The van der Waals surface area contributed by atoms with E-state index in [0.29, 0.717) is 12.1 Å². The lowest BCUT2D eigenvalue weighted by Crippen LogP contribution is -2.34. The van der Waals surface area contributed by atoms with E-state index < -0.39 is 10.0 Å². The van der Waals surface area contributed by atoms with Crippen LogP contribution in [0.15, 0.2) is 24.3 Å². The molecule has 1 amide bonds. The van der Waals surface area contributed by atoms with Gasteiger partial charge in [0.15, 0.2) is 0 Å². The van der Waals surface area contributed by atoms with Crippen LogP contribution in [0.3, 0.4) is 0 Å². The van der Waals surface area contributed by atoms with Crippen LogP contribution in [0.5, 0.6) is 0 Å². The number of rotatable bonds is 9. The molecule has 1 aromatic carbocycles. The molecular weight excluding hydrogens is 307 g/mol. The number of carbonyl (C=O) groups is 1. The van der Waals surface area contributed by atoms with Crippen LogP contribution in [0.2, 0.25) is 0 Å². The smallest absolute Gasteiger partial charge is 0.224 e. The van der Waals surface area contributed by atoms with Gasteiger partial charge in [-0.25, -0.2) is 17.5 Å². The Hall–Kier alpha value is -1.47. The molecule has 7 heteroatoms. The van der Waals surface area contributed by atoms with Crippen molar-refractivity contribution < 1.29 is 17.6 Å². The van der Waals surface area contributed by atoms with E-state index in [-0.39, 0.29) is 31.2 Å². The molecule has 22 heavy (non-hydrogen) atoms. The highest BCUT2D eigenvalue weighted by Crippen LogP contribution is 2.11. The van der Waals surface area contributed by atoms with Crippen molar-refractivity contribution in [3.63, 3.8) is 0 Å². The monoisotopic (exact) mass is 330 g/mol. The predicted molar refractivity (Wildman–Crippen MR) is 84.2 cm³/mol. The highest BCUT2D eigenvalue weighted by Gasteiger charge is 2.15.